The van der Waals surface area contributed by atoms with Gasteiger partial charge in [-0.1, -0.05) is 61.5 Å². The number of nitrogens with zero attached hydrogens (tertiary/aromatic N) is 2. The normalized spacial score (nSPS) is 14.1. The Balaban J connectivity index is 1.77. The van der Waals surface area contributed by atoms with Crippen LogP contribution in [0.5, 0.6) is 0 Å². The minimum atomic E-state index is -0.213. The third kappa shape index (κ3) is 6.23. The van der Waals surface area contributed by atoms with Gasteiger partial charge in [-0.05, 0) is 49.6 Å². The van der Waals surface area contributed by atoms with Gasteiger partial charge in [0.05, 0.1) is 16.3 Å². The molecule has 3 atom stereocenters. The van der Waals surface area contributed by atoms with Crippen LogP contribution >= 0.6 is 11.8 Å². The van der Waals surface area contributed by atoms with E-state index in [2.05, 4.69) is 34.2 Å². The zero-order valence-electron chi connectivity index (χ0n) is 17.1. The molecule has 2 aromatic heterocycles. The maximum Gasteiger partial charge on any atom is 0.234 e. The summed E-state index contributed by atoms with van der Waals surface area (Å²) in [5.41, 5.74) is 1.11. The molecule has 4 nitrogen and oxygen atoms in total. The van der Waals surface area contributed by atoms with E-state index in [1.165, 1.54) is 0 Å². The first-order valence-corrected chi connectivity index (χ1v) is 11.1. The van der Waals surface area contributed by atoms with Gasteiger partial charge in [0.15, 0.2) is 0 Å². The average Bonchev–Trinajstić information content (AvgIpc) is 3.29. The topological polar surface area (TPSA) is 46.9 Å². The molecular formula is C24H29N3OS. The van der Waals surface area contributed by atoms with E-state index in [1.807, 2.05) is 67.6 Å². The Morgan fingerprint density at radius 1 is 1.07 bits per heavy atom. The van der Waals surface area contributed by atoms with Gasteiger partial charge in [0, 0.05) is 24.6 Å². The molecule has 1 N–H and O–H groups in total. The predicted octanol–water partition coefficient (Wildman–Crippen LogP) is 5.65. The second kappa shape index (κ2) is 10.9. The molecule has 1 amide bonds. The highest BCUT2D eigenvalue weighted by Gasteiger charge is 2.26. The van der Waals surface area contributed by atoms with Gasteiger partial charge in [-0.3, -0.25) is 4.79 Å². The van der Waals surface area contributed by atoms with Crippen molar-refractivity contribution in [3.05, 3.63) is 84.8 Å². The van der Waals surface area contributed by atoms with Gasteiger partial charge in [-0.25, -0.2) is 4.98 Å². The molecule has 152 valence electrons. The van der Waals surface area contributed by atoms with Crippen molar-refractivity contribution < 1.29 is 4.79 Å². The van der Waals surface area contributed by atoms with Gasteiger partial charge >= 0.3 is 0 Å². The van der Waals surface area contributed by atoms with E-state index in [1.54, 1.807) is 18.0 Å². The van der Waals surface area contributed by atoms with Gasteiger partial charge in [0.1, 0.15) is 0 Å². The second-order valence-corrected chi connectivity index (χ2v) is 8.45. The van der Waals surface area contributed by atoms with Crippen LogP contribution in [0.2, 0.25) is 0 Å². The van der Waals surface area contributed by atoms with E-state index in [9.17, 15) is 4.79 Å². The highest BCUT2D eigenvalue weighted by atomic mass is 32.2. The molecule has 3 aromatic rings. The van der Waals surface area contributed by atoms with Crippen molar-refractivity contribution in [1.29, 1.82) is 0 Å². The van der Waals surface area contributed by atoms with Crippen molar-refractivity contribution in [3.63, 3.8) is 0 Å². The van der Waals surface area contributed by atoms with Gasteiger partial charge in [0.2, 0.25) is 5.91 Å². The molecule has 1 aromatic carbocycles. The summed E-state index contributed by atoms with van der Waals surface area (Å²) < 4.78 is 2.23. The Hall–Kier alpha value is -2.53. The Morgan fingerprint density at radius 3 is 2.45 bits per heavy atom. The fourth-order valence-corrected chi connectivity index (χ4v) is 4.53. The van der Waals surface area contributed by atoms with Crippen molar-refractivity contribution in [1.82, 2.24) is 14.9 Å². The van der Waals surface area contributed by atoms with Crippen molar-refractivity contribution >= 4 is 17.7 Å². The van der Waals surface area contributed by atoms with Crippen LogP contribution in [0, 0.1) is 0 Å². The second-order valence-electron chi connectivity index (χ2n) is 7.22. The summed E-state index contributed by atoms with van der Waals surface area (Å²) in [5, 5.41) is 3.88. The van der Waals surface area contributed by atoms with E-state index in [4.69, 9.17) is 0 Å². The lowest BCUT2D eigenvalue weighted by atomic mass is 10.0. The molecule has 0 aliphatic rings. The first kappa shape index (κ1) is 21.2. The van der Waals surface area contributed by atoms with Gasteiger partial charge in [-0.15, -0.1) is 0 Å². The summed E-state index contributed by atoms with van der Waals surface area (Å²) in [5.74, 6) is 0.0604. The van der Waals surface area contributed by atoms with Crippen LogP contribution in [-0.2, 0) is 4.79 Å². The molecular weight excluding hydrogens is 378 g/mol. The number of aromatic nitrogens is 2. The maximum atomic E-state index is 13.3. The third-order valence-corrected chi connectivity index (χ3v) is 6.18. The minimum Gasteiger partial charge on any atom is -0.351 e. The number of hydrogen-bond donors (Lipinski definition) is 1. The molecule has 0 bridgehead atoms. The maximum absolute atomic E-state index is 13.3. The lowest BCUT2D eigenvalue weighted by molar-refractivity contribution is -0.121. The Morgan fingerprint density at radius 2 is 1.79 bits per heavy atom. The van der Waals surface area contributed by atoms with E-state index < -0.39 is 0 Å². The summed E-state index contributed by atoms with van der Waals surface area (Å²) in [7, 11) is 0. The number of hydrogen-bond acceptors (Lipinski definition) is 3. The zero-order chi connectivity index (χ0) is 20.5. The molecule has 5 heteroatoms. The van der Waals surface area contributed by atoms with Gasteiger partial charge in [0.25, 0.3) is 0 Å². The number of carbonyl (C=O) groups is 1. The highest BCUT2D eigenvalue weighted by Crippen LogP contribution is 2.31. The van der Waals surface area contributed by atoms with Crippen molar-refractivity contribution in [2.24, 2.45) is 0 Å². The molecule has 0 fully saturated rings. The summed E-state index contributed by atoms with van der Waals surface area (Å²) in [6.07, 6.45) is 8.83. The third-order valence-electron chi connectivity index (χ3n) is 5.01. The number of thioether (sulfide) groups is 1. The molecule has 0 spiro atoms. The van der Waals surface area contributed by atoms with Crippen LogP contribution in [0.25, 0.3) is 0 Å². The summed E-state index contributed by atoms with van der Waals surface area (Å²) in [4.78, 5) is 17.7. The minimum absolute atomic E-state index is 0.0354. The molecule has 2 heterocycles. The molecule has 29 heavy (non-hydrogen) atoms. The number of rotatable bonds is 10. The number of pyridine rings is 1. The van der Waals surface area contributed by atoms with Crippen molar-refractivity contribution in [3.8, 4) is 0 Å². The standard InChI is InChI=1S/C24H29N3OS/c1-3-11-21(27-16-9-10-17-27)18-22(29-23-14-7-8-15-25-23)24(28)26-19(2)20-12-5-4-6-13-20/h4-10,12-17,19,21-22H,3,11,18H2,1-2H3,(H,26,28)/t19-,21+,22?/m0/s1. The fraction of sp³-hybridized carbons (Fsp3) is 0.333. The number of nitrogens with one attached hydrogen (secondary N) is 1. The number of amides is 1. The molecule has 0 aliphatic heterocycles. The monoisotopic (exact) mass is 407 g/mol. The Kier molecular flexibility index (Phi) is 7.94. The lowest BCUT2D eigenvalue weighted by Crippen LogP contribution is -2.36. The quantitative estimate of drug-likeness (QED) is 0.442. The number of benzene rings is 1. The first-order valence-electron chi connectivity index (χ1n) is 10.2. The SMILES string of the molecule is CCC[C@H](CC(Sc1ccccn1)C(=O)N[C@@H](C)c1ccccc1)n1cccc1. The van der Waals surface area contributed by atoms with E-state index >= 15 is 0 Å². The van der Waals surface area contributed by atoms with Gasteiger partial charge < -0.3 is 9.88 Å². The molecule has 0 aliphatic carbocycles. The number of carbonyl (C=O) groups excluding carboxylic acids is 1. The average molecular weight is 408 g/mol. The van der Waals surface area contributed by atoms with Crippen LogP contribution in [0.15, 0.2) is 84.3 Å². The Bertz CT molecular complexity index is 852. The Labute approximate surface area is 177 Å². The van der Waals surface area contributed by atoms with Crippen LogP contribution in [-0.4, -0.2) is 20.7 Å². The van der Waals surface area contributed by atoms with Crippen molar-refractivity contribution in [2.75, 3.05) is 0 Å². The molecule has 0 saturated carbocycles. The summed E-state index contributed by atoms with van der Waals surface area (Å²) >= 11 is 1.55. The highest BCUT2D eigenvalue weighted by molar-refractivity contribution is 8.00. The largest absolute Gasteiger partial charge is 0.351 e. The fourth-order valence-electron chi connectivity index (χ4n) is 3.46. The van der Waals surface area contributed by atoms with Crippen LogP contribution < -0.4 is 5.32 Å². The van der Waals surface area contributed by atoms with Crippen LogP contribution in [0.1, 0.15) is 50.8 Å². The zero-order valence-corrected chi connectivity index (χ0v) is 17.9. The van der Waals surface area contributed by atoms with E-state index in [-0.39, 0.29) is 23.2 Å². The van der Waals surface area contributed by atoms with E-state index in [0.29, 0.717) is 0 Å². The van der Waals surface area contributed by atoms with Crippen LogP contribution in [0.4, 0.5) is 0 Å². The van der Waals surface area contributed by atoms with Crippen molar-refractivity contribution in [2.45, 2.75) is 55.5 Å². The van der Waals surface area contributed by atoms with Gasteiger partial charge in [-0.2, -0.15) is 0 Å². The smallest absolute Gasteiger partial charge is 0.234 e. The van der Waals surface area contributed by atoms with E-state index in [0.717, 1.165) is 29.9 Å². The molecule has 0 radical (unpaired) electrons. The summed E-state index contributed by atoms with van der Waals surface area (Å²) in [6.45, 7) is 4.22. The molecule has 1 unspecified atom stereocenters. The first-order chi connectivity index (χ1) is 14.2. The lowest BCUT2D eigenvalue weighted by Gasteiger charge is -2.25. The predicted molar refractivity (Wildman–Crippen MR) is 120 cm³/mol. The summed E-state index contributed by atoms with van der Waals surface area (Å²) in [6, 6.07) is 20.3. The van der Waals surface area contributed by atoms with Crippen LogP contribution in [0.3, 0.4) is 0 Å². The molecule has 0 saturated heterocycles. The molecule has 3 rings (SSSR count).